The van der Waals surface area contributed by atoms with E-state index < -0.39 is 5.60 Å². The van der Waals surface area contributed by atoms with Gasteiger partial charge in [0.15, 0.2) is 0 Å². The van der Waals surface area contributed by atoms with Crippen molar-refractivity contribution in [3.63, 3.8) is 0 Å². The predicted octanol–water partition coefficient (Wildman–Crippen LogP) is 2.51. The molecule has 0 saturated carbocycles. The Morgan fingerprint density at radius 3 is 2.39 bits per heavy atom. The summed E-state index contributed by atoms with van der Waals surface area (Å²) in [5, 5.41) is 19.5. The van der Waals surface area contributed by atoms with Crippen LogP contribution >= 0.6 is 31.9 Å². The maximum absolute atomic E-state index is 12.2. The molecule has 1 atom stereocenters. The summed E-state index contributed by atoms with van der Waals surface area (Å²) in [6, 6.07) is 3.16. The van der Waals surface area contributed by atoms with Crippen LogP contribution in [0.25, 0.3) is 0 Å². The first-order chi connectivity index (χ1) is 8.30. The first-order valence-electron chi connectivity index (χ1n) is 5.50. The summed E-state index contributed by atoms with van der Waals surface area (Å²) in [6.45, 7) is 2.60. The Morgan fingerprint density at radius 1 is 1.39 bits per heavy atom. The third-order valence-electron chi connectivity index (χ3n) is 3.00. The SMILES string of the molecule is CC1(O)CCN(C(=O)c2cc(Br)c(O)c(Br)c2)C1. The lowest BCUT2D eigenvalue weighted by atomic mass is 10.1. The van der Waals surface area contributed by atoms with E-state index in [-0.39, 0.29) is 11.7 Å². The maximum atomic E-state index is 12.2. The molecular weight excluding hydrogens is 366 g/mol. The van der Waals surface area contributed by atoms with E-state index in [0.29, 0.717) is 34.0 Å². The molecule has 0 aromatic heterocycles. The first kappa shape index (κ1) is 13.8. The number of likely N-dealkylation sites (tertiary alicyclic amines) is 1. The topological polar surface area (TPSA) is 60.8 Å². The van der Waals surface area contributed by atoms with E-state index in [1.807, 2.05) is 0 Å². The molecule has 1 unspecified atom stereocenters. The van der Waals surface area contributed by atoms with Gasteiger partial charge in [-0.2, -0.15) is 0 Å². The quantitative estimate of drug-likeness (QED) is 0.789. The zero-order chi connectivity index (χ0) is 13.5. The van der Waals surface area contributed by atoms with E-state index in [9.17, 15) is 15.0 Å². The molecule has 0 bridgehead atoms. The molecular formula is C12H13Br2NO3. The van der Waals surface area contributed by atoms with Crippen LogP contribution in [0, 0.1) is 0 Å². The van der Waals surface area contributed by atoms with Gasteiger partial charge in [-0.15, -0.1) is 0 Å². The van der Waals surface area contributed by atoms with E-state index in [4.69, 9.17) is 0 Å². The fourth-order valence-corrected chi connectivity index (χ4v) is 3.18. The van der Waals surface area contributed by atoms with E-state index in [1.54, 1.807) is 24.0 Å². The molecule has 18 heavy (non-hydrogen) atoms. The molecule has 1 saturated heterocycles. The average Bonchev–Trinajstić information content (AvgIpc) is 2.65. The van der Waals surface area contributed by atoms with Crippen molar-refractivity contribution in [3.8, 4) is 5.75 Å². The number of aromatic hydroxyl groups is 1. The number of hydrogen-bond donors (Lipinski definition) is 2. The van der Waals surface area contributed by atoms with E-state index in [0.717, 1.165) is 0 Å². The molecule has 98 valence electrons. The molecule has 1 aromatic rings. The van der Waals surface area contributed by atoms with Gasteiger partial charge in [-0.25, -0.2) is 0 Å². The zero-order valence-electron chi connectivity index (χ0n) is 9.78. The summed E-state index contributed by atoms with van der Waals surface area (Å²) in [7, 11) is 0. The monoisotopic (exact) mass is 377 g/mol. The second-order valence-electron chi connectivity index (χ2n) is 4.76. The van der Waals surface area contributed by atoms with Crippen LogP contribution in [-0.4, -0.2) is 39.7 Å². The smallest absolute Gasteiger partial charge is 0.254 e. The summed E-state index contributed by atoms with van der Waals surface area (Å²) in [5.41, 5.74) is -0.328. The van der Waals surface area contributed by atoms with Gasteiger partial charge in [-0.1, -0.05) is 0 Å². The Kier molecular flexibility index (Phi) is 3.71. The third-order valence-corrected chi connectivity index (χ3v) is 4.21. The van der Waals surface area contributed by atoms with Gasteiger partial charge in [0, 0.05) is 18.7 Å². The van der Waals surface area contributed by atoms with Gasteiger partial charge in [0.1, 0.15) is 5.75 Å². The summed E-state index contributed by atoms with van der Waals surface area (Å²) in [6.07, 6.45) is 0.583. The number of amides is 1. The molecule has 1 amide bonds. The number of carbonyl (C=O) groups excluding carboxylic acids is 1. The van der Waals surface area contributed by atoms with Gasteiger partial charge in [0.2, 0.25) is 0 Å². The Hall–Kier alpha value is -0.590. The highest BCUT2D eigenvalue weighted by Gasteiger charge is 2.34. The molecule has 1 heterocycles. The van der Waals surface area contributed by atoms with Gasteiger partial charge in [-0.05, 0) is 57.3 Å². The number of β-amino-alcohol motifs (C(OH)–C–C–N with tert-alkyl or cyclic N) is 1. The highest BCUT2D eigenvalue weighted by molar-refractivity contribution is 9.11. The van der Waals surface area contributed by atoms with Crippen molar-refractivity contribution in [3.05, 3.63) is 26.6 Å². The van der Waals surface area contributed by atoms with Crippen LogP contribution in [0.2, 0.25) is 0 Å². The highest BCUT2D eigenvalue weighted by atomic mass is 79.9. The summed E-state index contributed by atoms with van der Waals surface area (Å²) in [5.74, 6) is -0.0749. The third kappa shape index (κ3) is 2.70. The van der Waals surface area contributed by atoms with Crippen molar-refractivity contribution in [2.45, 2.75) is 18.9 Å². The Balaban J connectivity index is 2.25. The Bertz CT molecular complexity index is 479. The minimum absolute atomic E-state index is 0.0694. The van der Waals surface area contributed by atoms with E-state index in [1.165, 1.54) is 0 Å². The lowest BCUT2D eigenvalue weighted by Crippen LogP contribution is -2.33. The molecule has 4 nitrogen and oxygen atoms in total. The number of rotatable bonds is 1. The van der Waals surface area contributed by atoms with Crippen LogP contribution in [0.3, 0.4) is 0 Å². The maximum Gasteiger partial charge on any atom is 0.254 e. The second kappa shape index (κ2) is 4.83. The molecule has 1 aliphatic rings. The average molecular weight is 379 g/mol. The van der Waals surface area contributed by atoms with Crippen LogP contribution in [-0.2, 0) is 0 Å². The largest absolute Gasteiger partial charge is 0.506 e. The number of hydrogen-bond acceptors (Lipinski definition) is 3. The van der Waals surface area contributed by atoms with Crippen LogP contribution in [0.5, 0.6) is 5.75 Å². The van der Waals surface area contributed by atoms with Gasteiger partial charge in [0.05, 0.1) is 14.5 Å². The fourth-order valence-electron chi connectivity index (χ4n) is 1.99. The standard InChI is InChI=1S/C12H13Br2NO3/c1-12(18)2-3-15(6-12)11(17)7-4-8(13)10(16)9(14)5-7/h4-5,16,18H,2-3,6H2,1H3. The minimum Gasteiger partial charge on any atom is -0.506 e. The number of phenolic OH excluding ortho intramolecular Hbond substituents is 1. The summed E-state index contributed by atoms with van der Waals surface area (Å²) >= 11 is 6.39. The fraction of sp³-hybridized carbons (Fsp3) is 0.417. The second-order valence-corrected chi connectivity index (χ2v) is 6.47. The van der Waals surface area contributed by atoms with Crippen LogP contribution in [0.1, 0.15) is 23.7 Å². The van der Waals surface area contributed by atoms with Crippen LogP contribution in [0.4, 0.5) is 0 Å². The molecule has 2 N–H and O–H groups in total. The lowest BCUT2D eigenvalue weighted by molar-refractivity contribution is 0.0572. The number of benzene rings is 1. The van der Waals surface area contributed by atoms with Crippen LogP contribution in [0.15, 0.2) is 21.1 Å². The molecule has 2 rings (SSSR count). The normalized spacial score (nSPS) is 23.4. The van der Waals surface area contributed by atoms with E-state index >= 15 is 0 Å². The van der Waals surface area contributed by atoms with Crippen molar-refractivity contribution in [2.24, 2.45) is 0 Å². The Labute approximate surface area is 122 Å². The van der Waals surface area contributed by atoms with Gasteiger partial charge >= 0.3 is 0 Å². The van der Waals surface area contributed by atoms with Gasteiger partial charge in [0.25, 0.3) is 5.91 Å². The number of phenols is 1. The van der Waals surface area contributed by atoms with Crippen molar-refractivity contribution in [1.29, 1.82) is 0 Å². The molecule has 0 spiro atoms. The number of nitrogens with zero attached hydrogens (tertiary/aromatic N) is 1. The highest BCUT2D eigenvalue weighted by Crippen LogP contribution is 2.34. The molecule has 0 aliphatic carbocycles. The molecule has 0 radical (unpaired) electrons. The zero-order valence-corrected chi connectivity index (χ0v) is 13.0. The summed E-state index contributed by atoms with van der Waals surface area (Å²) in [4.78, 5) is 13.9. The van der Waals surface area contributed by atoms with Crippen molar-refractivity contribution in [1.82, 2.24) is 4.90 Å². The van der Waals surface area contributed by atoms with Crippen molar-refractivity contribution < 1.29 is 15.0 Å². The lowest BCUT2D eigenvalue weighted by Gasteiger charge is -2.19. The first-order valence-corrected chi connectivity index (χ1v) is 7.08. The molecule has 6 heteroatoms. The molecule has 1 fully saturated rings. The predicted molar refractivity (Wildman–Crippen MR) is 74.7 cm³/mol. The summed E-state index contributed by atoms with van der Waals surface area (Å²) < 4.78 is 0.928. The van der Waals surface area contributed by atoms with Crippen molar-refractivity contribution >= 4 is 37.8 Å². The number of aliphatic hydroxyl groups is 1. The van der Waals surface area contributed by atoms with Gasteiger partial charge < -0.3 is 15.1 Å². The number of carbonyl (C=O) groups is 1. The van der Waals surface area contributed by atoms with E-state index in [2.05, 4.69) is 31.9 Å². The Morgan fingerprint density at radius 2 is 1.94 bits per heavy atom. The van der Waals surface area contributed by atoms with Crippen LogP contribution < -0.4 is 0 Å². The molecule has 1 aliphatic heterocycles. The minimum atomic E-state index is -0.805. The van der Waals surface area contributed by atoms with Gasteiger partial charge in [-0.3, -0.25) is 4.79 Å². The van der Waals surface area contributed by atoms with Crippen molar-refractivity contribution in [2.75, 3.05) is 13.1 Å². The molecule has 1 aromatic carbocycles. The number of halogens is 2.